The summed E-state index contributed by atoms with van der Waals surface area (Å²) in [6.45, 7) is 1.21. The van der Waals surface area contributed by atoms with Crippen molar-refractivity contribution in [3.63, 3.8) is 0 Å². The predicted molar refractivity (Wildman–Crippen MR) is 97.6 cm³/mol. The van der Waals surface area contributed by atoms with Crippen molar-refractivity contribution in [3.8, 4) is 0 Å². The molecular formula is C19H21N3O2S. The van der Waals surface area contributed by atoms with Gasteiger partial charge in [0.05, 0.1) is 5.41 Å². The van der Waals surface area contributed by atoms with E-state index in [1.54, 1.807) is 27.3 Å². The van der Waals surface area contributed by atoms with E-state index in [0.29, 0.717) is 18.9 Å². The fourth-order valence-corrected chi connectivity index (χ4v) is 4.98. The minimum atomic E-state index is -0.415. The molecule has 5 nitrogen and oxygen atoms in total. The Morgan fingerprint density at radius 3 is 2.60 bits per heavy atom. The summed E-state index contributed by atoms with van der Waals surface area (Å²) >= 11 is 1.66. The third-order valence-electron chi connectivity index (χ3n) is 5.29. The highest BCUT2D eigenvalue weighted by atomic mass is 32.1. The van der Waals surface area contributed by atoms with Crippen molar-refractivity contribution in [3.05, 3.63) is 46.8 Å². The molecule has 2 aromatic rings. The van der Waals surface area contributed by atoms with E-state index in [9.17, 15) is 9.59 Å². The van der Waals surface area contributed by atoms with E-state index in [-0.39, 0.29) is 18.4 Å². The van der Waals surface area contributed by atoms with Crippen LogP contribution in [0.3, 0.4) is 0 Å². The molecular weight excluding hydrogens is 334 g/mol. The van der Waals surface area contributed by atoms with Gasteiger partial charge in [0.1, 0.15) is 12.4 Å². The fourth-order valence-electron chi connectivity index (χ4n) is 4.00. The standard InChI is InChI=1S/C19H21N3O2S/c23-17-14-21(11-12-22(17)16-7-1-4-10-20-16)18(24)19(8-2-3-9-19)15-6-5-13-25-15/h1,4-7,10,13H,2-3,8-9,11-12,14H2. The molecule has 0 spiro atoms. The van der Waals surface area contributed by atoms with Crippen molar-refractivity contribution in [1.29, 1.82) is 0 Å². The number of pyridine rings is 1. The topological polar surface area (TPSA) is 53.5 Å². The van der Waals surface area contributed by atoms with Gasteiger partial charge in [0.15, 0.2) is 0 Å². The van der Waals surface area contributed by atoms with E-state index < -0.39 is 5.41 Å². The first-order valence-electron chi connectivity index (χ1n) is 8.75. The van der Waals surface area contributed by atoms with Gasteiger partial charge in [-0.3, -0.25) is 14.5 Å². The molecule has 4 rings (SSSR count). The van der Waals surface area contributed by atoms with Crippen LogP contribution >= 0.6 is 11.3 Å². The van der Waals surface area contributed by atoms with Gasteiger partial charge in [0.25, 0.3) is 0 Å². The quantitative estimate of drug-likeness (QED) is 0.851. The number of nitrogens with zero attached hydrogens (tertiary/aromatic N) is 3. The first kappa shape index (κ1) is 16.3. The van der Waals surface area contributed by atoms with Crippen molar-refractivity contribution in [2.24, 2.45) is 0 Å². The second-order valence-corrected chi connectivity index (χ2v) is 7.67. The highest BCUT2D eigenvalue weighted by molar-refractivity contribution is 7.10. The van der Waals surface area contributed by atoms with E-state index in [2.05, 4.69) is 11.1 Å². The van der Waals surface area contributed by atoms with Gasteiger partial charge in [-0.1, -0.05) is 25.0 Å². The number of rotatable bonds is 3. The van der Waals surface area contributed by atoms with Crippen LogP contribution < -0.4 is 4.90 Å². The summed E-state index contributed by atoms with van der Waals surface area (Å²) in [4.78, 5) is 34.8. The zero-order valence-corrected chi connectivity index (χ0v) is 14.9. The van der Waals surface area contributed by atoms with E-state index in [1.165, 1.54) is 0 Å². The molecule has 130 valence electrons. The summed E-state index contributed by atoms with van der Waals surface area (Å²) in [6.07, 6.45) is 5.61. The Bertz CT molecular complexity index is 754. The second kappa shape index (κ2) is 6.59. The maximum atomic E-state index is 13.4. The largest absolute Gasteiger partial charge is 0.331 e. The van der Waals surface area contributed by atoms with Gasteiger partial charge < -0.3 is 4.90 Å². The van der Waals surface area contributed by atoms with Crippen LogP contribution in [0.1, 0.15) is 30.6 Å². The summed E-state index contributed by atoms with van der Waals surface area (Å²) in [5.74, 6) is 0.729. The SMILES string of the molecule is O=C1CN(C(=O)C2(c3cccs3)CCCC2)CCN1c1ccccn1. The Hall–Kier alpha value is -2.21. The third kappa shape index (κ3) is 2.84. The Kier molecular flexibility index (Phi) is 4.29. The second-order valence-electron chi connectivity index (χ2n) is 6.73. The minimum absolute atomic E-state index is 0.0578. The molecule has 3 heterocycles. The normalized spacial score (nSPS) is 20.1. The summed E-state index contributed by atoms with van der Waals surface area (Å²) in [5.41, 5.74) is -0.415. The maximum Gasteiger partial charge on any atom is 0.247 e. The van der Waals surface area contributed by atoms with Crippen LogP contribution in [0.25, 0.3) is 0 Å². The van der Waals surface area contributed by atoms with E-state index in [1.807, 2.05) is 29.6 Å². The van der Waals surface area contributed by atoms with Crippen LogP contribution in [0, 0.1) is 0 Å². The van der Waals surface area contributed by atoms with Crippen molar-refractivity contribution in [1.82, 2.24) is 9.88 Å². The zero-order chi connectivity index (χ0) is 17.3. The molecule has 2 fully saturated rings. The van der Waals surface area contributed by atoms with Gasteiger partial charge in [-0.15, -0.1) is 11.3 Å². The van der Waals surface area contributed by atoms with Gasteiger partial charge in [-0.05, 0) is 36.4 Å². The third-order valence-corrected chi connectivity index (χ3v) is 6.37. The van der Waals surface area contributed by atoms with Crippen molar-refractivity contribution in [2.45, 2.75) is 31.1 Å². The highest BCUT2D eigenvalue weighted by Gasteiger charge is 2.47. The average Bonchev–Trinajstić information content (AvgIpc) is 3.34. The summed E-state index contributed by atoms with van der Waals surface area (Å²) < 4.78 is 0. The molecule has 1 saturated heterocycles. The van der Waals surface area contributed by atoms with Gasteiger partial charge in [0, 0.05) is 24.2 Å². The molecule has 2 aromatic heterocycles. The van der Waals surface area contributed by atoms with E-state index in [4.69, 9.17) is 0 Å². The average molecular weight is 355 g/mol. The van der Waals surface area contributed by atoms with Gasteiger partial charge in [-0.25, -0.2) is 4.98 Å². The molecule has 0 aromatic carbocycles. The molecule has 25 heavy (non-hydrogen) atoms. The first-order valence-corrected chi connectivity index (χ1v) is 9.63. The Balaban J connectivity index is 1.53. The van der Waals surface area contributed by atoms with Crippen LogP contribution in [0.5, 0.6) is 0 Å². The van der Waals surface area contributed by atoms with Crippen LogP contribution in [-0.2, 0) is 15.0 Å². The Labute approximate surface area is 151 Å². The lowest BCUT2D eigenvalue weighted by molar-refractivity contribution is -0.141. The lowest BCUT2D eigenvalue weighted by Gasteiger charge is -2.38. The molecule has 1 aliphatic carbocycles. The smallest absolute Gasteiger partial charge is 0.247 e. The summed E-state index contributed by atoms with van der Waals surface area (Å²) in [5, 5.41) is 2.03. The number of hydrogen-bond acceptors (Lipinski definition) is 4. The van der Waals surface area contributed by atoms with Gasteiger partial charge >= 0.3 is 0 Å². The predicted octanol–water partition coefficient (Wildman–Crippen LogP) is 2.83. The Morgan fingerprint density at radius 2 is 1.96 bits per heavy atom. The van der Waals surface area contributed by atoms with Crippen LogP contribution in [0.4, 0.5) is 5.82 Å². The van der Waals surface area contributed by atoms with Crippen molar-refractivity contribution in [2.75, 3.05) is 24.5 Å². The van der Waals surface area contributed by atoms with Gasteiger partial charge in [0.2, 0.25) is 11.8 Å². The summed E-state index contributed by atoms with van der Waals surface area (Å²) in [6, 6.07) is 9.62. The molecule has 1 aliphatic heterocycles. The van der Waals surface area contributed by atoms with Crippen LogP contribution in [0.2, 0.25) is 0 Å². The van der Waals surface area contributed by atoms with Crippen LogP contribution in [-0.4, -0.2) is 41.3 Å². The summed E-state index contributed by atoms with van der Waals surface area (Å²) in [7, 11) is 0. The lowest BCUT2D eigenvalue weighted by atomic mass is 9.82. The number of anilines is 1. The number of carbonyl (C=O) groups is 2. The highest BCUT2D eigenvalue weighted by Crippen LogP contribution is 2.44. The zero-order valence-electron chi connectivity index (χ0n) is 14.1. The number of hydrogen-bond donors (Lipinski definition) is 0. The van der Waals surface area contributed by atoms with Crippen molar-refractivity contribution < 1.29 is 9.59 Å². The number of piperazine rings is 1. The van der Waals surface area contributed by atoms with Gasteiger partial charge in [-0.2, -0.15) is 0 Å². The lowest BCUT2D eigenvalue weighted by Crippen LogP contribution is -2.56. The number of carbonyl (C=O) groups excluding carboxylic acids is 2. The Morgan fingerprint density at radius 1 is 1.12 bits per heavy atom. The maximum absolute atomic E-state index is 13.4. The minimum Gasteiger partial charge on any atom is -0.331 e. The van der Waals surface area contributed by atoms with Crippen molar-refractivity contribution >= 4 is 29.0 Å². The van der Waals surface area contributed by atoms with E-state index >= 15 is 0 Å². The molecule has 6 heteroatoms. The monoisotopic (exact) mass is 355 g/mol. The molecule has 2 amide bonds. The number of thiophene rings is 1. The number of aromatic nitrogens is 1. The molecule has 2 aliphatic rings. The van der Waals surface area contributed by atoms with E-state index in [0.717, 1.165) is 30.6 Å². The molecule has 0 atom stereocenters. The molecule has 0 unspecified atom stereocenters. The molecule has 1 saturated carbocycles. The molecule has 0 radical (unpaired) electrons. The van der Waals surface area contributed by atoms with Crippen LogP contribution in [0.15, 0.2) is 41.9 Å². The molecule has 0 N–H and O–H groups in total. The molecule has 0 bridgehead atoms. The number of amides is 2. The first-order chi connectivity index (χ1) is 12.2. The fraction of sp³-hybridized carbons (Fsp3) is 0.421.